The average molecular weight is 373 g/mol. The Morgan fingerprint density at radius 3 is 2.70 bits per heavy atom. The molecule has 3 rings (SSSR count). The Balaban J connectivity index is 1.94. The first-order chi connectivity index (χ1) is 12.9. The fourth-order valence-corrected chi connectivity index (χ4v) is 2.48. The van der Waals surface area contributed by atoms with Gasteiger partial charge in [0, 0.05) is 25.7 Å². The minimum atomic E-state index is -0.624. The Bertz CT molecular complexity index is 1140. The van der Waals surface area contributed by atoms with Crippen LogP contribution in [0.5, 0.6) is 0 Å². The van der Waals surface area contributed by atoms with E-state index in [1.807, 2.05) is 0 Å². The molecule has 1 aromatic carbocycles. The smallest absolute Gasteiger partial charge is 0.329 e. The van der Waals surface area contributed by atoms with Crippen molar-refractivity contribution >= 4 is 29.0 Å². The lowest BCUT2D eigenvalue weighted by molar-refractivity contribution is -0.384. The number of aliphatic hydroxyl groups excluding tert-OH is 1. The lowest BCUT2D eigenvalue weighted by atomic mass is 10.2. The number of hydrogen-bond donors (Lipinski definition) is 3. The van der Waals surface area contributed by atoms with Gasteiger partial charge in [0.05, 0.1) is 17.7 Å². The van der Waals surface area contributed by atoms with Crippen LogP contribution in [0.3, 0.4) is 0 Å². The van der Waals surface area contributed by atoms with Gasteiger partial charge in [-0.15, -0.1) is 0 Å². The van der Waals surface area contributed by atoms with Crippen molar-refractivity contribution in [3.8, 4) is 0 Å². The van der Waals surface area contributed by atoms with E-state index in [2.05, 4.69) is 20.5 Å². The van der Waals surface area contributed by atoms with Crippen LogP contribution < -0.4 is 16.7 Å². The highest BCUT2D eigenvalue weighted by Crippen LogP contribution is 2.15. The summed E-state index contributed by atoms with van der Waals surface area (Å²) in [5.74, 6) is 0.156. The molecule has 3 N–H and O–H groups in total. The zero-order valence-electron chi connectivity index (χ0n) is 14.1. The van der Waals surface area contributed by atoms with E-state index in [-0.39, 0.29) is 36.0 Å². The quantitative estimate of drug-likeness (QED) is 0.305. The van der Waals surface area contributed by atoms with Crippen molar-refractivity contribution in [3.63, 3.8) is 0 Å². The third kappa shape index (κ3) is 3.46. The molecule has 0 fully saturated rings. The summed E-state index contributed by atoms with van der Waals surface area (Å²) in [6.07, 6.45) is 1.41. The first-order valence-corrected chi connectivity index (χ1v) is 7.76. The highest BCUT2D eigenvalue weighted by atomic mass is 16.6. The molecule has 2 heterocycles. The number of nitro groups is 1. The van der Waals surface area contributed by atoms with E-state index in [4.69, 9.17) is 0 Å². The molecule has 0 radical (unpaired) electrons. The summed E-state index contributed by atoms with van der Waals surface area (Å²) in [5.41, 5.74) is 2.25. The van der Waals surface area contributed by atoms with E-state index in [9.17, 15) is 24.8 Å². The molecule has 0 bridgehead atoms. The van der Waals surface area contributed by atoms with Gasteiger partial charge in [0.2, 0.25) is 5.95 Å². The van der Waals surface area contributed by atoms with Gasteiger partial charge in [-0.1, -0.05) is 0 Å². The molecule has 0 saturated heterocycles. The second-order valence-corrected chi connectivity index (χ2v) is 5.52. The van der Waals surface area contributed by atoms with Gasteiger partial charge in [-0.05, 0) is 17.7 Å². The number of aromatic amines is 1. The number of aliphatic hydroxyl groups is 1. The van der Waals surface area contributed by atoms with Gasteiger partial charge in [0.15, 0.2) is 11.2 Å². The number of rotatable bonds is 6. The number of nitrogens with zero attached hydrogens (tertiary/aromatic N) is 5. The normalized spacial score (nSPS) is 11.3. The summed E-state index contributed by atoms with van der Waals surface area (Å²) in [6.45, 7) is -0.193. The summed E-state index contributed by atoms with van der Waals surface area (Å²) in [7, 11) is 1.46. The van der Waals surface area contributed by atoms with E-state index in [0.717, 1.165) is 0 Å². The Kier molecular flexibility index (Phi) is 4.81. The van der Waals surface area contributed by atoms with E-state index in [1.54, 1.807) is 0 Å². The molecule has 0 amide bonds. The number of nitro benzene ring substituents is 1. The number of imidazole rings is 1. The predicted molar refractivity (Wildman–Crippen MR) is 97.0 cm³/mol. The van der Waals surface area contributed by atoms with Crippen molar-refractivity contribution in [2.24, 2.45) is 12.1 Å². The standard InChI is InChI=1S/C15H15N7O5/c1-20-12-11(13(24)18-15(20)25)21(6-7-23)14(17-12)19-16-8-9-2-4-10(5-3-9)22(26)27/h2-5,8,23H,6-7H2,1H3,(H,17,19)(H,18,24,25)/b16-8-. The molecule has 0 spiro atoms. The van der Waals surface area contributed by atoms with Crippen LogP contribution in [0.4, 0.5) is 11.6 Å². The summed E-state index contributed by atoms with van der Waals surface area (Å²) in [6, 6.07) is 5.73. The number of H-pyrrole nitrogens is 1. The monoisotopic (exact) mass is 373 g/mol. The van der Waals surface area contributed by atoms with Gasteiger partial charge in [-0.2, -0.15) is 10.1 Å². The largest absolute Gasteiger partial charge is 0.395 e. The molecule has 0 saturated carbocycles. The second-order valence-electron chi connectivity index (χ2n) is 5.52. The first-order valence-electron chi connectivity index (χ1n) is 7.76. The topological polar surface area (TPSA) is 160 Å². The average Bonchev–Trinajstić information content (AvgIpc) is 3.00. The number of aryl methyl sites for hydroxylation is 1. The lowest BCUT2D eigenvalue weighted by Crippen LogP contribution is -2.29. The Morgan fingerprint density at radius 2 is 2.07 bits per heavy atom. The number of hydrogen-bond acceptors (Lipinski definition) is 8. The molecular weight excluding hydrogens is 358 g/mol. The molecule has 12 nitrogen and oxygen atoms in total. The van der Waals surface area contributed by atoms with Gasteiger partial charge in [-0.3, -0.25) is 24.5 Å². The van der Waals surface area contributed by atoms with Crippen LogP contribution in [0.2, 0.25) is 0 Å². The maximum atomic E-state index is 12.1. The minimum absolute atomic E-state index is 0.0370. The molecule has 0 aliphatic rings. The van der Waals surface area contributed by atoms with Gasteiger partial charge >= 0.3 is 5.69 Å². The Labute approximate surface area is 150 Å². The second kappa shape index (κ2) is 7.21. The van der Waals surface area contributed by atoms with Crippen molar-refractivity contribution in [2.45, 2.75) is 6.54 Å². The third-order valence-corrected chi connectivity index (χ3v) is 3.81. The minimum Gasteiger partial charge on any atom is -0.395 e. The molecule has 0 aliphatic carbocycles. The number of non-ortho nitro benzene ring substituents is 1. The summed E-state index contributed by atoms with van der Waals surface area (Å²) >= 11 is 0. The maximum absolute atomic E-state index is 12.1. The molecular formula is C15H15N7O5. The number of fused-ring (bicyclic) bond motifs is 1. The van der Waals surface area contributed by atoms with Crippen LogP contribution in [0.15, 0.2) is 39.0 Å². The van der Waals surface area contributed by atoms with Crippen LogP contribution in [0.25, 0.3) is 11.2 Å². The zero-order valence-corrected chi connectivity index (χ0v) is 14.1. The first kappa shape index (κ1) is 18.0. The van der Waals surface area contributed by atoms with Crippen molar-refractivity contribution in [3.05, 3.63) is 60.8 Å². The van der Waals surface area contributed by atoms with E-state index in [1.165, 1.54) is 46.7 Å². The Hall–Kier alpha value is -3.80. The van der Waals surface area contributed by atoms with Crippen molar-refractivity contribution in [1.82, 2.24) is 19.1 Å². The highest BCUT2D eigenvalue weighted by Gasteiger charge is 2.16. The third-order valence-electron chi connectivity index (χ3n) is 3.81. The number of hydrazone groups is 1. The van der Waals surface area contributed by atoms with Crippen LogP contribution >= 0.6 is 0 Å². The number of nitrogens with one attached hydrogen (secondary N) is 2. The maximum Gasteiger partial charge on any atom is 0.329 e. The molecule has 0 atom stereocenters. The molecule has 3 aromatic rings. The van der Waals surface area contributed by atoms with Crippen molar-refractivity contribution < 1.29 is 10.0 Å². The van der Waals surface area contributed by atoms with E-state index in [0.29, 0.717) is 5.56 Å². The summed E-state index contributed by atoms with van der Waals surface area (Å²) in [4.78, 5) is 40.4. The molecule has 0 unspecified atom stereocenters. The van der Waals surface area contributed by atoms with E-state index < -0.39 is 16.2 Å². The lowest BCUT2D eigenvalue weighted by Gasteiger charge is -2.05. The molecule has 140 valence electrons. The summed E-state index contributed by atoms with van der Waals surface area (Å²) < 4.78 is 2.58. The van der Waals surface area contributed by atoms with E-state index >= 15 is 0 Å². The van der Waals surface area contributed by atoms with Gasteiger partial charge in [0.1, 0.15) is 0 Å². The van der Waals surface area contributed by atoms with Gasteiger partial charge in [-0.25, -0.2) is 10.2 Å². The zero-order chi connectivity index (χ0) is 19.6. The van der Waals surface area contributed by atoms with Crippen molar-refractivity contribution in [1.29, 1.82) is 0 Å². The van der Waals surface area contributed by atoms with Crippen molar-refractivity contribution in [2.75, 3.05) is 12.0 Å². The van der Waals surface area contributed by atoms with Crippen LogP contribution in [-0.4, -0.2) is 42.0 Å². The highest BCUT2D eigenvalue weighted by molar-refractivity contribution is 5.81. The number of benzene rings is 1. The Morgan fingerprint density at radius 1 is 1.37 bits per heavy atom. The molecule has 0 aliphatic heterocycles. The SMILES string of the molecule is Cn1c(=O)[nH]c(=O)c2c1nc(N/N=C\c1ccc([N+](=O)[O-])cc1)n2CCO. The number of anilines is 1. The predicted octanol–water partition coefficient (Wildman–Crippen LogP) is -0.230. The molecule has 27 heavy (non-hydrogen) atoms. The summed E-state index contributed by atoms with van der Waals surface area (Å²) in [5, 5.41) is 23.9. The number of aromatic nitrogens is 4. The van der Waals surface area contributed by atoms with Gasteiger partial charge < -0.3 is 9.67 Å². The fraction of sp³-hybridized carbons (Fsp3) is 0.200. The van der Waals surface area contributed by atoms with Crippen LogP contribution in [0.1, 0.15) is 5.56 Å². The van der Waals surface area contributed by atoms with Gasteiger partial charge in [0.25, 0.3) is 11.2 Å². The van der Waals surface area contributed by atoms with Crippen LogP contribution in [0, 0.1) is 10.1 Å². The fourth-order valence-electron chi connectivity index (χ4n) is 2.48. The van der Waals surface area contributed by atoms with Crippen LogP contribution in [-0.2, 0) is 13.6 Å². The molecule has 2 aromatic heterocycles. The molecule has 12 heteroatoms.